The van der Waals surface area contributed by atoms with Gasteiger partial charge in [0, 0.05) is 12.8 Å². The van der Waals surface area contributed by atoms with Gasteiger partial charge in [-0.2, -0.15) is 0 Å². The molecule has 3 rings (SSSR count). The van der Waals surface area contributed by atoms with Crippen LogP contribution in [-0.4, -0.2) is 24.1 Å². The summed E-state index contributed by atoms with van der Waals surface area (Å²) in [5.74, 6) is -1.12. The van der Waals surface area contributed by atoms with Crippen molar-refractivity contribution in [3.8, 4) is 0 Å². The third-order valence-electron chi connectivity index (χ3n) is 4.77. The molecule has 0 unspecified atom stereocenters. The monoisotopic (exact) mass is 353 g/mol. The van der Waals surface area contributed by atoms with Gasteiger partial charge in [0.05, 0.1) is 17.6 Å². The molecule has 1 aliphatic rings. The first-order valence-electron chi connectivity index (χ1n) is 8.60. The number of aryl methyl sites for hydroxylation is 2. The van der Waals surface area contributed by atoms with Gasteiger partial charge in [0.2, 0.25) is 5.91 Å². The fourth-order valence-corrected chi connectivity index (χ4v) is 3.41. The van der Waals surface area contributed by atoms with Gasteiger partial charge in [0.25, 0.3) is 0 Å². The number of hydrogen-bond acceptors (Lipinski definition) is 3. The molecule has 1 fully saturated rings. The van der Waals surface area contributed by atoms with Crippen LogP contribution in [0.25, 0.3) is 0 Å². The maximum atomic E-state index is 13.0. The highest BCUT2D eigenvalue weighted by Crippen LogP contribution is 2.49. The molecule has 5 heteroatoms. The Kier molecular flexibility index (Phi) is 4.83. The van der Waals surface area contributed by atoms with E-state index in [9.17, 15) is 14.7 Å². The van der Waals surface area contributed by atoms with Crippen molar-refractivity contribution in [1.29, 1.82) is 0 Å². The first kappa shape index (κ1) is 18.1. The molecular formula is C21H23NO4. The number of methoxy groups -OCH3 is 1. The van der Waals surface area contributed by atoms with Crippen LogP contribution in [0.5, 0.6) is 0 Å². The molecule has 0 radical (unpaired) electrons. The van der Waals surface area contributed by atoms with E-state index in [-0.39, 0.29) is 18.1 Å². The Bertz CT molecular complexity index is 848. The second-order valence-corrected chi connectivity index (χ2v) is 7.07. The van der Waals surface area contributed by atoms with Gasteiger partial charge < -0.3 is 15.2 Å². The first-order valence-corrected chi connectivity index (χ1v) is 8.60. The van der Waals surface area contributed by atoms with E-state index in [2.05, 4.69) is 23.5 Å². The molecule has 0 aliphatic heterocycles. The molecule has 1 amide bonds. The quantitative estimate of drug-likeness (QED) is 0.828. The van der Waals surface area contributed by atoms with Crippen LogP contribution in [0, 0.1) is 13.8 Å². The molecule has 0 bridgehead atoms. The second-order valence-electron chi connectivity index (χ2n) is 7.07. The van der Waals surface area contributed by atoms with Gasteiger partial charge in [-0.05, 0) is 56.0 Å². The zero-order valence-corrected chi connectivity index (χ0v) is 15.3. The van der Waals surface area contributed by atoms with Gasteiger partial charge in [-0.3, -0.25) is 4.79 Å². The normalized spacial score (nSPS) is 14.7. The number of rotatable bonds is 6. The SMILES string of the molecule is COCc1cc(NC(=O)C2(c3cc(C)cc(C)c3)CC2)cc(C(=O)O)c1. The van der Waals surface area contributed by atoms with Crippen LogP contribution in [0.3, 0.4) is 0 Å². The lowest BCUT2D eigenvalue weighted by atomic mass is 9.92. The molecular weight excluding hydrogens is 330 g/mol. The maximum absolute atomic E-state index is 13.0. The number of benzene rings is 2. The maximum Gasteiger partial charge on any atom is 0.335 e. The summed E-state index contributed by atoms with van der Waals surface area (Å²) in [5.41, 5.74) is 4.10. The molecule has 1 saturated carbocycles. The Hall–Kier alpha value is -2.66. The third kappa shape index (κ3) is 3.63. The summed E-state index contributed by atoms with van der Waals surface area (Å²) in [5, 5.41) is 12.2. The summed E-state index contributed by atoms with van der Waals surface area (Å²) >= 11 is 0. The second kappa shape index (κ2) is 6.92. The highest BCUT2D eigenvalue weighted by Gasteiger charge is 2.51. The lowest BCUT2D eigenvalue weighted by Gasteiger charge is -2.18. The van der Waals surface area contributed by atoms with Crippen LogP contribution in [-0.2, 0) is 21.6 Å². The number of aromatic carboxylic acids is 1. The molecule has 0 atom stereocenters. The third-order valence-corrected chi connectivity index (χ3v) is 4.77. The van der Waals surface area contributed by atoms with Gasteiger partial charge in [-0.25, -0.2) is 4.79 Å². The van der Waals surface area contributed by atoms with Crippen molar-refractivity contribution in [2.75, 3.05) is 12.4 Å². The Morgan fingerprint density at radius 2 is 1.73 bits per heavy atom. The zero-order valence-electron chi connectivity index (χ0n) is 15.3. The zero-order chi connectivity index (χ0) is 18.9. The molecule has 2 aromatic rings. The molecule has 2 aromatic carbocycles. The molecule has 0 saturated heterocycles. The molecule has 26 heavy (non-hydrogen) atoms. The van der Waals surface area contributed by atoms with Crippen molar-refractivity contribution in [2.45, 2.75) is 38.7 Å². The van der Waals surface area contributed by atoms with E-state index in [1.165, 1.54) is 6.07 Å². The van der Waals surface area contributed by atoms with E-state index in [1.807, 2.05) is 13.8 Å². The number of anilines is 1. The molecule has 1 aliphatic carbocycles. The number of ether oxygens (including phenoxy) is 1. The average molecular weight is 353 g/mol. The van der Waals surface area contributed by atoms with E-state index in [1.54, 1.807) is 19.2 Å². The van der Waals surface area contributed by atoms with Crippen LogP contribution in [0.15, 0.2) is 36.4 Å². The molecule has 0 aromatic heterocycles. The summed E-state index contributed by atoms with van der Waals surface area (Å²) in [4.78, 5) is 24.3. The Labute approximate surface area is 153 Å². The molecule has 5 nitrogen and oxygen atoms in total. The summed E-state index contributed by atoms with van der Waals surface area (Å²) < 4.78 is 5.09. The van der Waals surface area contributed by atoms with Crippen LogP contribution >= 0.6 is 0 Å². The highest BCUT2D eigenvalue weighted by atomic mass is 16.5. The number of nitrogens with one attached hydrogen (secondary N) is 1. The van der Waals surface area contributed by atoms with Gasteiger partial charge in [0.1, 0.15) is 0 Å². The van der Waals surface area contributed by atoms with Crippen molar-refractivity contribution >= 4 is 17.6 Å². The predicted molar refractivity (Wildman–Crippen MR) is 99.6 cm³/mol. The van der Waals surface area contributed by atoms with E-state index in [4.69, 9.17) is 4.74 Å². The van der Waals surface area contributed by atoms with Gasteiger partial charge in [-0.1, -0.05) is 29.3 Å². The first-order chi connectivity index (χ1) is 12.3. The summed E-state index contributed by atoms with van der Waals surface area (Å²) in [6.45, 7) is 4.34. The summed E-state index contributed by atoms with van der Waals surface area (Å²) in [7, 11) is 1.55. The van der Waals surface area contributed by atoms with Gasteiger partial charge >= 0.3 is 5.97 Å². The molecule has 2 N–H and O–H groups in total. The Morgan fingerprint density at radius 3 is 2.27 bits per heavy atom. The van der Waals surface area contributed by atoms with Gasteiger partial charge in [0.15, 0.2) is 0 Å². The number of amides is 1. The molecule has 136 valence electrons. The van der Waals surface area contributed by atoms with Gasteiger partial charge in [-0.15, -0.1) is 0 Å². The predicted octanol–water partition coefficient (Wildman–Crippen LogP) is 3.82. The molecule has 0 spiro atoms. The van der Waals surface area contributed by atoms with Crippen molar-refractivity contribution in [3.63, 3.8) is 0 Å². The fraction of sp³-hybridized carbons (Fsp3) is 0.333. The lowest BCUT2D eigenvalue weighted by Crippen LogP contribution is -2.28. The van der Waals surface area contributed by atoms with Crippen LogP contribution < -0.4 is 5.32 Å². The minimum atomic E-state index is -1.03. The lowest BCUT2D eigenvalue weighted by molar-refractivity contribution is -0.118. The highest BCUT2D eigenvalue weighted by molar-refractivity contribution is 6.02. The van der Waals surface area contributed by atoms with E-state index < -0.39 is 11.4 Å². The Balaban J connectivity index is 1.89. The number of carbonyl (C=O) groups is 2. The van der Waals surface area contributed by atoms with E-state index >= 15 is 0 Å². The minimum Gasteiger partial charge on any atom is -0.478 e. The summed E-state index contributed by atoms with van der Waals surface area (Å²) in [6, 6.07) is 11.0. The largest absolute Gasteiger partial charge is 0.478 e. The number of carboxylic acids is 1. The van der Waals surface area contributed by atoms with E-state index in [0.717, 1.165) is 29.5 Å². The van der Waals surface area contributed by atoms with Crippen molar-refractivity contribution in [1.82, 2.24) is 0 Å². The minimum absolute atomic E-state index is 0.0894. The van der Waals surface area contributed by atoms with Crippen LogP contribution in [0.4, 0.5) is 5.69 Å². The van der Waals surface area contributed by atoms with Crippen LogP contribution in [0.2, 0.25) is 0 Å². The number of hydrogen-bond donors (Lipinski definition) is 2. The van der Waals surface area contributed by atoms with Crippen molar-refractivity contribution in [2.24, 2.45) is 0 Å². The molecule has 0 heterocycles. The fourth-order valence-electron chi connectivity index (χ4n) is 3.41. The topological polar surface area (TPSA) is 75.6 Å². The Morgan fingerprint density at radius 1 is 1.08 bits per heavy atom. The van der Waals surface area contributed by atoms with Crippen molar-refractivity contribution < 1.29 is 19.4 Å². The summed E-state index contributed by atoms with van der Waals surface area (Å²) in [6.07, 6.45) is 1.59. The van der Waals surface area contributed by atoms with E-state index in [0.29, 0.717) is 11.3 Å². The number of carbonyl (C=O) groups excluding carboxylic acids is 1. The van der Waals surface area contributed by atoms with Crippen LogP contribution in [0.1, 0.15) is 45.5 Å². The van der Waals surface area contributed by atoms with Crippen molar-refractivity contribution in [3.05, 3.63) is 64.2 Å². The smallest absolute Gasteiger partial charge is 0.335 e. The average Bonchev–Trinajstić information content (AvgIpc) is 3.36. The standard InChI is InChI=1S/C21H23NO4/c1-13-6-14(2)8-17(7-13)21(4-5-21)20(25)22-18-10-15(12-26-3)9-16(11-18)19(23)24/h6-11H,4-5,12H2,1-3H3,(H,22,25)(H,23,24). The number of carboxylic acid groups (broad SMARTS) is 1.